The van der Waals surface area contributed by atoms with E-state index in [4.69, 9.17) is 5.73 Å². The molecule has 0 radical (unpaired) electrons. The Bertz CT molecular complexity index is 873. The van der Waals surface area contributed by atoms with Crippen molar-refractivity contribution in [1.29, 1.82) is 5.26 Å². The van der Waals surface area contributed by atoms with Crippen molar-refractivity contribution in [1.82, 2.24) is 14.5 Å². The highest BCUT2D eigenvalue weighted by Crippen LogP contribution is 2.33. The number of nitrogens with zero attached hydrogens (tertiary/aromatic N) is 5. The van der Waals surface area contributed by atoms with Gasteiger partial charge in [0.2, 0.25) is 0 Å². The standard InChI is InChI=1S/C17H18N6/c1-22(2)17-13(10-18)14-15(19)20-11-21-16(14)23(17)9-8-12-6-4-3-5-7-12/h3-7,11H,8-9H2,1-2H3,(H2,19,20,21). The Balaban J connectivity index is 2.13. The molecule has 3 aromatic rings. The number of benzene rings is 1. The van der Waals surface area contributed by atoms with Crippen LogP contribution >= 0.6 is 0 Å². The molecule has 0 aliphatic rings. The molecule has 2 aromatic heterocycles. The van der Waals surface area contributed by atoms with Crippen LogP contribution in [-0.2, 0) is 13.0 Å². The Morgan fingerprint density at radius 1 is 1.22 bits per heavy atom. The monoisotopic (exact) mass is 306 g/mol. The van der Waals surface area contributed by atoms with Crippen LogP contribution in [0.3, 0.4) is 0 Å². The number of hydrogen-bond donors (Lipinski definition) is 1. The molecule has 0 saturated carbocycles. The molecule has 0 aliphatic carbocycles. The quantitative estimate of drug-likeness (QED) is 0.799. The molecule has 0 saturated heterocycles. The van der Waals surface area contributed by atoms with Crippen LogP contribution < -0.4 is 10.6 Å². The molecule has 1 aromatic carbocycles. The zero-order valence-corrected chi connectivity index (χ0v) is 13.2. The van der Waals surface area contributed by atoms with E-state index in [1.165, 1.54) is 11.9 Å². The third-order valence-electron chi connectivity index (χ3n) is 3.84. The molecule has 0 atom stereocenters. The zero-order chi connectivity index (χ0) is 16.4. The van der Waals surface area contributed by atoms with Gasteiger partial charge in [0.25, 0.3) is 0 Å². The number of aryl methyl sites for hydroxylation is 2. The molecule has 0 aliphatic heterocycles. The molecule has 0 spiro atoms. The van der Waals surface area contributed by atoms with Crippen molar-refractivity contribution < 1.29 is 0 Å². The second kappa shape index (κ2) is 5.97. The van der Waals surface area contributed by atoms with Crippen LogP contribution in [0.1, 0.15) is 11.1 Å². The van der Waals surface area contributed by atoms with Gasteiger partial charge in [0.15, 0.2) is 0 Å². The van der Waals surface area contributed by atoms with E-state index in [9.17, 15) is 5.26 Å². The molecule has 0 fully saturated rings. The molecule has 23 heavy (non-hydrogen) atoms. The predicted octanol–water partition coefficient (Wildman–Crippen LogP) is 2.19. The maximum atomic E-state index is 9.59. The summed E-state index contributed by atoms with van der Waals surface area (Å²) in [5.74, 6) is 1.15. The Labute approximate surface area is 134 Å². The van der Waals surface area contributed by atoms with Gasteiger partial charge in [-0.3, -0.25) is 0 Å². The van der Waals surface area contributed by atoms with Crippen LogP contribution in [0.4, 0.5) is 11.6 Å². The minimum Gasteiger partial charge on any atom is -0.383 e. The Morgan fingerprint density at radius 3 is 2.61 bits per heavy atom. The van der Waals surface area contributed by atoms with E-state index in [0.717, 1.165) is 12.2 Å². The molecule has 0 amide bonds. The van der Waals surface area contributed by atoms with Gasteiger partial charge in [0.1, 0.15) is 35.2 Å². The SMILES string of the molecule is CN(C)c1c(C#N)c2c(N)ncnc2n1CCc1ccccc1. The summed E-state index contributed by atoms with van der Waals surface area (Å²) < 4.78 is 2.04. The summed E-state index contributed by atoms with van der Waals surface area (Å²) in [6.45, 7) is 0.714. The highest BCUT2D eigenvalue weighted by molar-refractivity contribution is 5.97. The van der Waals surface area contributed by atoms with Crippen LogP contribution in [0.25, 0.3) is 11.0 Å². The first-order valence-electron chi connectivity index (χ1n) is 7.37. The summed E-state index contributed by atoms with van der Waals surface area (Å²) in [5, 5.41) is 10.2. The molecular weight excluding hydrogens is 288 g/mol. The first kappa shape index (κ1) is 14.9. The second-order valence-electron chi connectivity index (χ2n) is 5.55. The minimum atomic E-state index is 0.341. The number of anilines is 2. The lowest BCUT2D eigenvalue weighted by atomic mass is 10.1. The van der Waals surface area contributed by atoms with Gasteiger partial charge in [-0.2, -0.15) is 5.26 Å². The fraction of sp³-hybridized carbons (Fsp3) is 0.235. The molecule has 6 heteroatoms. The van der Waals surface area contributed by atoms with Crippen LogP contribution in [0.15, 0.2) is 36.7 Å². The van der Waals surface area contributed by atoms with Gasteiger partial charge in [-0.1, -0.05) is 30.3 Å². The van der Waals surface area contributed by atoms with Gasteiger partial charge < -0.3 is 15.2 Å². The molecule has 6 nitrogen and oxygen atoms in total. The number of nitrogens with two attached hydrogens (primary N) is 1. The molecule has 3 rings (SSSR count). The van der Waals surface area contributed by atoms with E-state index in [2.05, 4.69) is 28.2 Å². The molecule has 2 N–H and O–H groups in total. The maximum Gasteiger partial charge on any atom is 0.148 e. The van der Waals surface area contributed by atoms with Gasteiger partial charge in [-0.25, -0.2) is 9.97 Å². The van der Waals surface area contributed by atoms with Gasteiger partial charge in [0, 0.05) is 20.6 Å². The van der Waals surface area contributed by atoms with Crippen molar-refractivity contribution in [2.45, 2.75) is 13.0 Å². The second-order valence-corrected chi connectivity index (χ2v) is 5.55. The fourth-order valence-corrected chi connectivity index (χ4v) is 2.85. The maximum absolute atomic E-state index is 9.59. The van der Waals surface area contributed by atoms with Gasteiger partial charge >= 0.3 is 0 Å². The van der Waals surface area contributed by atoms with Crippen LogP contribution in [0, 0.1) is 11.3 Å². The topological polar surface area (TPSA) is 83.8 Å². The van der Waals surface area contributed by atoms with Crippen LogP contribution in [0.2, 0.25) is 0 Å². The summed E-state index contributed by atoms with van der Waals surface area (Å²) in [5.41, 5.74) is 8.45. The normalized spacial score (nSPS) is 10.7. The number of rotatable bonds is 4. The largest absolute Gasteiger partial charge is 0.383 e. The smallest absolute Gasteiger partial charge is 0.148 e. The summed E-state index contributed by atoms with van der Waals surface area (Å²) in [6.07, 6.45) is 2.29. The van der Waals surface area contributed by atoms with Crippen molar-refractivity contribution in [2.24, 2.45) is 0 Å². The van der Waals surface area contributed by atoms with E-state index in [1.54, 1.807) is 0 Å². The van der Waals surface area contributed by atoms with Gasteiger partial charge in [0.05, 0.1) is 5.39 Å². The van der Waals surface area contributed by atoms with Crippen LogP contribution in [0.5, 0.6) is 0 Å². The van der Waals surface area contributed by atoms with Crippen molar-refractivity contribution in [3.05, 3.63) is 47.8 Å². The number of nitriles is 1. The summed E-state index contributed by atoms with van der Waals surface area (Å²) in [7, 11) is 3.83. The Morgan fingerprint density at radius 2 is 1.96 bits per heavy atom. The number of fused-ring (bicyclic) bond motifs is 1. The first-order chi connectivity index (χ1) is 11.1. The fourth-order valence-electron chi connectivity index (χ4n) is 2.85. The lowest BCUT2D eigenvalue weighted by Gasteiger charge is -2.17. The molecular formula is C17H18N6. The minimum absolute atomic E-state index is 0.341. The molecule has 0 unspecified atom stereocenters. The number of aromatic nitrogens is 3. The van der Waals surface area contributed by atoms with Gasteiger partial charge in [-0.15, -0.1) is 0 Å². The highest BCUT2D eigenvalue weighted by atomic mass is 15.2. The lowest BCUT2D eigenvalue weighted by Crippen LogP contribution is -2.16. The average Bonchev–Trinajstić information content (AvgIpc) is 2.89. The van der Waals surface area contributed by atoms with Crippen LogP contribution in [-0.4, -0.2) is 28.6 Å². The third-order valence-corrected chi connectivity index (χ3v) is 3.84. The van der Waals surface area contributed by atoms with Gasteiger partial charge in [-0.05, 0) is 12.0 Å². The summed E-state index contributed by atoms with van der Waals surface area (Å²) in [4.78, 5) is 10.3. The third kappa shape index (κ3) is 2.57. The molecule has 116 valence electrons. The molecule has 2 heterocycles. The van der Waals surface area contributed by atoms with E-state index < -0.39 is 0 Å². The van der Waals surface area contributed by atoms with Crippen molar-refractivity contribution in [3.8, 4) is 6.07 Å². The summed E-state index contributed by atoms with van der Waals surface area (Å²) >= 11 is 0. The number of hydrogen-bond acceptors (Lipinski definition) is 5. The van der Waals surface area contributed by atoms with E-state index in [-0.39, 0.29) is 0 Å². The first-order valence-corrected chi connectivity index (χ1v) is 7.37. The van der Waals surface area contributed by atoms with Crippen molar-refractivity contribution in [3.63, 3.8) is 0 Å². The Kier molecular flexibility index (Phi) is 3.85. The highest BCUT2D eigenvalue weighted by Gasteiger charge is 2.21. The summed E-state index contributed by atoms with van der Waals surface area (Å²) in [6, 6.07) is 12.5. The molecule has 0 bridgehead atoms. The zero-order valence-electron chi connectivity index (χ0n) is 13.2. The van der Waals surface area contributed by atoms with Crippen molar-refractivity contribution in [2.75, 3.05) is 24.7 Å². The van der Waals surface area contributed by atoms with E-state index in [1.807, 2.05) is 41.8 Å². The Hall–Kier alpha value is -3.07. The van der Waals surface area contributed by atoms with E-state index >= 15 is 0 Å². The number of nitrogen functional groups attached to an aromatic ring is 1. The van der Waals surface area contributed by atoms with E-state index in [0.29, 0.717) is 29.0 Å². The van der Waals surface area contributed by atoms with Crippen molar-refractivity contribution >= 4 is 22.7 Å². The lowest BCUT2D eigenvalue weighted by molar-refractivity contribution is 0.708. The predicted molar refractivity (Wildman–Crippen MR) is 91.1 cm³/mol. The average molecular weight is 306 g/mol.